The molecule has 1 N–H and O–H groups in total. The zero-order valence-corrected chi connectivity index (χ0v) is 12.5. The van der Waals surface area contributed by atoms with Crippen LogP contribution in [0.25, 0.3) is 11.4 Å². The summed E-state index contributed by atoms with van der Waals surface area (Å²) in [6.45, 7) is 4.01. The number of aryl methyl sites for hydroxylation is 1. The summed E-state index contributed by atoms with van der Waals surface area (Å²) in [4.78, 5) is 4.48. The smallest absolute Gasteiger partial charge is 0.139 e. The summed E-state index contributed by atoms with van der Waals surface area (Å²) in [5.41, 5.74) is 2.29. The van der Waals surface area contributed by atoms with Gasteiger partial charge in [0, 0.05) is 42.1 Å². The van der Waals surface area contributed by atoms with Crippen molar-refractivity contribution in [2.45, 2.75) is 45.3 Å². The molecule has 1 fully saturated rings. The zero-order chi connectivity index (χ0) is 13.9. The fraction of sp³-hybridized carbons (Fsp3) is 0.438. The van der Waals surface area contributed by atoms with Gasteiger partial charge in [-0.25, -0.2) is 4.98 Å². The van der Waals surface area contributed by atoms with Crippen LogP contribution in [0.5, 0.6) is 0 Å². The number of halogens is 1. The van der Waals surface area contributed by atoms with Crippen LogP contribution in [0.1, 0.15) is 31.7 Å². The van der Waals surface area contributed by atoms with Gasteiger partial charge in [0.25, 0.3) is 0 Å². The van der Waals surface area contributed by atoms with Gasteiger partial charge >= 0.3 is 0 Å². The van der Waals surface area contributed by atoms with Gasteiger partial charge in [0.15, 0.2) is 0 Å². The second-order valence-corrected chi connectivity index (χ2v) is 5.81. The van der Waals surface area contributed by atoms with Crippen LogP contribution < -0.4 is 5.32 Å². The van der Waals surface area contributed by atoms with E-state index < -0.39 is 0 Å². The summed E-state index contributed by atoms with van der Waals surface area (Å²) in [6, 6.07) is 6.88. The Morgan fingerprint density at radius 1 is 1.40 bits per heavy atom. The van der Waals surface area contributed by atoms with Crippen molar-refractivity contribution in [2.75, 3.05) is 0 Å². The molecule has 0 amide bonds. The molecule has 3 nitrogen and oxygen atoms in total. The van der Waals surface area contributed by atoms with Crippen LogP contribution in [0.2, 0.25) is 5.02 Å². The number of benzene rings is 1. The quantitative estimate of drug-likeness (QED) is 0.875. The van der Waals surface area contributed by atoms with Crippen LogP contribution >= 0.6 is 11.6 Å². The van der Waals surface area contributed by atoms with Crippen molar-refractivity contribution in [3.63, 3.8) is 0 Å². The molecule has 0 radical (unpaired) electrons. The van der Waals surface area contributed by atoms with Crippen LogP contribution in [0.4, 0.5) is 0 Å². The molecule has 106 valence electrons. The van der Waals surface area contributed by atoms with E-state index in [2.05, 4.69) is 33.9 Å². The highest BCUT2D eigenvalue weighted by atomic mass is 35.5. The summed E-state index contributed by atoms with van der Waals surface area (Å²) in [6.07, 6.45) is 7.58. The highest BCUT2D eigenvalue weighted by molar-refractivity contribution is 6.31. The first-order chi connectivity index (χ1) is 9.78. The number of rotatable bonds is 6. The van der Waals surface area contributed by atoms with Gasteiger partial charge in [-0.05, 0) is 43.0 Å². The molecule has 0 saturated heterocycles. The molecule has 1 aromatic heterocycles. The average Bonchev–Trinajstić information content (AvgIpc) is 3.17. The lowest BCUT2D eigenvalue weighted by atomic mass is 10.1. The van der Waals surface area contributed by atoms with Crippen molar-refractivity contribution in [1.29, 1.82) is 0 Å². The number of hydrogen-bond acceptors (Lipinski definition) is 2. The molecule has 0 spiro atoms. The molecule has 20 heavy (non-hydrogen) atoms. The summed E-state index contributed by atoms with van der Waals surface area (Å²) in [7, 11) is 0. The lowest BCUT2D eigenvalue weighted by Crippen LogP contribution is -2.15. The summed E-state index contributed by atoms with van der Waals surface area (Å²) < 4.78 is 2.20. The SMILES string of the molecule is CCCn1ccnc1-c1ccc(Cl)c(CNC2CC2)c1. The molecule has 0 aliphatic heterocycles. The Morgan fingerprint density at radius 2 is 2.25 bits per heavy atom. The van der Waals surface area contributed by atoms with Crippen LogP contribution in [0.15, 0.2) is 30.6 Å². The molecule has 0 unspecified atom stereocenters. The molecular weight excluding hydrogens is 270 g/mol. The minimum atomic E-state index is 0.691. The first kappa shape index (κ1) is 13.7. The summed E-state index contributed by atoms with van der Waals surface area (Å²) in [5, 5.41) is 4.34. The van der Waals surface area contributed by atoms with E-state index in [0.717, 1.165) is 41.5 Å². The maximum Gasteiger partial charge on any atom is 0.139 e. The number of nitrogens with one attached hydrogen (secondary N) is 1. The fourth-order valence-electron chi connectivity index (χ4n) is 2.38. The molecule has 1 heterocycles. The largest absolute Gasteiger partial charge is 0.331 e. The van der Waals surface area contributed by atoms with E-state index in [4.69, 9.17) is 11.6 Å². The van der Waals surface area contributed by atoms with E-state index in [0.29, 0.717) is 6.04 Å². The van der Waals surface area contributed by atoms with E-state index >= 15 is 0 Å². The van der Waals surface area contributed by atoms with Gasteiger partial charge in [-0.15, -0.1) is 0 Å². The van der Waals surface area contributed by atoms with Crippen LogP contribution in [-0.4, -0.2) is 15.6 Å². The van der Waals surface area contributed by atoms with Gasteiger partial charge in [0.05, 0.1) is 0 Å². The Kier molecular flexibility index (Phi) is 4.08. The van der Waals surface area contributed by atoms with Gasteiger partial charge in [-0.3, -0.25) is 0 Å². The fourth-order valence-corrected chi connectivity index (χ4v) is 2.57. The first-order valence-corrected chi connectivity index (χ1v) is 7.69. The predicted octanol–water partition coefficient (Wildman–Crippen LogP) is 3.87. The minimum absolute atomic E-state index is 0.691. The number of aromatic nitrogens is 2. The van der Waals surface area contributed by atoms with Gasteiger partial charge in [-0.1, -0.05) is 18.5 Å². The predicted molar refractivity (Wildman–Crippen MR) is 82.8 cm³/mol. The normalized spacial score (nSPS) is 14.7. The highest BCUT2D eigenvalue weighted by Gasteiger charge is 2.20. The van der Waals surface area contributed by atoms with E-state index in [1.54, 1.807) is 0 Å². The second-order valence-electron chi connectivity index (χ2n) is 5.41. The molecule has 2 aromatic rings. The lowest BCUT2D eigenvalue weighted by molar-refractivity contribution is 0.682. The summed E-state index contributed by atoms with van der Waals surface area (Å²) >= 11 is 6.30. The van der Waals surface area contributed by atoms with Crippen molar-refractivity contribution in [1.82, 2.24) is 14.9 Å². The maximum absolute atomic E-state index is 6.30. The van der Waals surface area contributed by atoms with Gasteiger partial charge < -0.3 is 9.88 Å². The Bertz CT molecular complexity index is 587. The molecule has 0 bridgehead atoms. The Morgan fingerprint density at radius 3 is 3.00 bits per heavy atom. The van der Waals surface area contributed by atoms with Gasteiger partial charge in [0.2, 0.25) is 0 Å². The first-order valence-electron chi connectivity index (χ1n) is 7.31. The molecular formula is C16H20ClN3. The lowest BCUT2D eigenvalue weighted by Gasteiger charge is -2.10. The zero-order valence-electron chi connectivity index (χ0n) is 11.8. The summed E-state index contributed by atoms with van der Waals surface area (Å²) in [5.74, 6) is 1.02. The van der Waals surface area contributed by atoms with Crippen LogP contribution in [-0.2, 0) is 13.1 Å². The maximum atomic E-state index is 6.30. The highest BCUT2D eigenvalue weighted by Crippen LogP contribution is 2.26. The molecule has 4 heteroatoms. The topological polar surface area (TPSA) is 29.9 Å². The third-order valence-electron chi connectivity index (χ3n) is 3.64. The second kappa shape index (κ2) is 5.98. The van der Waals surface area contributed by atoms with Crippen LogP contribution in [0, 0.1) is 0 Å². The average molecular weight is 290 g/mol. The number of imidazole rings is 1. The number of nitrogens with zero attached hydrogens (tertiary/aromatic N) is 2. The van der Waals surface area contributed by atoms with Crippen molar-refractivity contribution in [2.24, 2.45) is 0 Å². The third kappa shape index (κ3) is 3.05. The van der Waals surface area contributed by atoms with E-state index in [-0.39, 0.29) is 0 Å². The number of hydrogen-bond donors (Lipinski definition) is 1. The molecule has 1 aliphatic carbocycles. The Labute approximate surface area is 125 Å². The van der Waals surface area contributed by atoms with Crippen molar-refractivity contribution >= 4 is 11.6 Å². The molecule has 3 rings (SSSR count). The van der Waals surface area contributed by atoms with Crippen LogP contribution in [0.3, 0.4) is 0 Å². The molecule has 1 saturated carbocycles. The van der Waals surface area contributed by atoms with E-state index in [1.165, 1.54) is 12.8 Å². The van der Waals surface area contributed by atoms with Crippen molar-refractivity contribution in [3.05, 3.63) is 41.2 Å². The minimum Gasteiger partial charge on any atom is -0.331 e. The monoisotopic (exact) mass is 289 g/mol. The van der Waals surface area contributed by atoms with Gasteiger partial charge in [-0.2, -0.15) is 0 Å². The van der Waals surface area contributed by atoms with E-state index in [1.807, 2.05) is 18.5 Å². The van der Waals surface area contributed by atoms with Crippen molar-refractivity contribution < 1.29 is 0 Å². The molecule has 0 atom stereocenters. The van der Waals surface area contributed by atoms with E-state index in [9.17, 15) is 0 Å². The Balaban J connectivity index is 1.84. The molecule has 1 aliphatic rings. The van der Waals surface area contributed by atoms with Gasteiger partial charge in [0.1, 0.15) is 5.82 Å². The molecule has 1 aromatic carbocycles. The third-order valence-corrected chi connectivity index (χ3v) is 4.01. The van der Waals surface area contributed by atoms with Crippen molar-refractivity contribution in [3.8, 4) is 11.4 Å². The standard InChI is InChI=1S/C16H20ClN3/c1-2-8-20-9-7-18-16(20)12-3-6-15(17)13(10-12)11-19-14-4-5-14/h3,6-7,9-10,14,19H,2,4-5,8,11H2,1H3. The Hall–Kier alpha value is -1.32.